The molecule has 1 aromatic heterocycles. The molecule has 0 atom stereocenters. The second-order valence-electron chi connectivity index (χ2n) is 5.13. The van der Waals surface area contributed by atoms with Gasteiger partial charge in [-0.15, -0.1) is 0 Å². The molecule has 0 spiro atoms. The maximum absolute atomic E-state index is 12.3. The summed E-state index contributed by atoms with van der Waals surface area (Å²) in [7, 11) is 1.79. The van der Waals surface area contributed by atoms with Crippen LogP contribution in [0.2, 0.25) is 0 Å². The van der Waals surface area contributed by atoms with Gasteiger partial charge in [0.25, 0.3) is 0 Å². The van der Waals surface area contributed by atoms with E-state index in [1.165, 1.54) is 4.68 Å². The van der Waals surface area contributed by atoms with Crippen molar-refractivity contribution in [2.24, 2.45) is 0 Å². The first kappa shape index (κ1) is 11.6. The molecule has 0 fully saturated rings. The summed E-state index contributed by atoms with van der Waals surface area (Å²) < 4.78 is 1.45. The molecule has 0 saturated heterocycles. The molecule has 4 heteroatoms. The number of rotatable bonds is 0. The van der Waals surface area contributed by atoms with Gasteiger partial charge in [-0.25, -0.2) is 4.79 Å². The quantitative estimate of drug-likeness (QED) is 0.699. The molecule has 4 nitrogen and oxygen atoms in total. The Labute approximate surface area is 101 Å². The van der Waals surface area contributed by atoms with Crippen LogP contribution < -0.4 is 0 Å². The fraction of sp³-hybridized carbons (Fsp3) is 0.385. The van der Waals surface area contributed by atoms with E-state index in [9.17, 15) is 4.79 Å². The third-order valence-electron chi connectivity index (χ3n) is 2.95. The number of aromatic nitrogens is 2. The summed E-state index contributed by atoms with van der Waals surface area (Å²) in [4.78, 5) is 14.0. The summed E-state index contributed by atoms with van der Waals surface area (Å²) in [6.07, 6.45) is 1.71. The van der Waals surface area contributed by atoms with Gasteiger partial charge in [-0.05, 0) is 26.8 Å². The number of para-hydroxylation sites is 1. The van der Waals surface area contributed by atoms with E-state index in [1.54, 1.807) is 18.1 Å². The standard InChI is InChI=1S/C13H17N3O/c1-13(2,3)15(4)12(17)16-11-8-6-5-7-10(11)9-14-16/h5-9H,1-4H3. The lowest BCUT2D eigenvalue weighted by atomic mass is 10.1. The van der Waals surface area contributed by atoms with Crippen molar-refractivity contribution >= 4 is 16.9 Å². The SMILES string of the molecule is CN(C(=O)n1ncc2ccccc21)C(C)(C)C. The van der Waals surface area contributed by atoms with E-state index in [2.05, 4.69) is 5.10 Å². The molecule has 17 heavy (non-hydrogen) atoms. The lowest BCUT2D eigenvalue weighted by Crippen LogP contribution is -2.44. The third kappa shape index (κ3) is 2.02. The van der Waals surface area contributed by atoms with Gasteiger partial charge in [0.2, 0.25) is 0 Å². The molecule has 0 unspecified atom stereocenters. The molecule has 0 bridgehead atoms. The molecule has 0 N–H and O–H groups in total. The van der Waals surface area contributed by atoms with Crippen molar-refractivity contribution in [2.75, 3.05) is 7.05 Å². The zero-order valence-electron chi connectivity index (χ0n) is 10.6. The van der Waals surface area contributed by atoms with Crippen molar-refractivity contribution in [3.63, 3.8) is 0 Å². The van der Waals surface area contributed by atoms with Gasteiger partial charge in [0.1, 0.15) is 0 Å². The van der Waals surface area contributed by atoms with Crippen molar-refractivity contribution in [2.45, 2.75) is 26.3 Å². The molecule has 0 saturated carbocycles. The molecule has 0 aliphatic heterocycles. The fourth-order valence-corrected chi connectivity index (χ4v) is 1.55. The Balaban J connectivity index is 2.44. The van der Waals surface area contributed by atoms with Crippen molar-refractivity contribution in [1.82, 2.24) is 14.7 Å². The Hall–Kier alpha value is -1.84. The molecule has 0 aliphatic carbocycles. The molecule has 1 aromatic carbocycles. The minimum atomic E-state index is -0.218. The third-order valence-corrected chi connectivity index (χ3v) is 2.95. The molecule has 1 heterocycles. The fourth-order valence-electron chi connectivity index (χ4n) is 1.55. The first-order valence-corrected chi connectivity index (χ1v) is 5.62. The van der Waals surface area contributed by atoms with Gasteiger partial charge in [-0.2, -0.15) is 9.78 Å². The van der Waals surface area contributed by atoms with E-state index < -0.39 is 0 Å². The van der Waals surface area contributed by atoms with Crippen LogP contribution in [-0.4, -0.2) is 33.3 Å². The summed E-state index contributed by atoms with van der Waals surface area (Å²) in [5, 5.41) is 5.13. The second kappa shape index (κ2) is 3.87. The molecule has 90 valence electrons. The highest BCUT2D eigenvalue weighted by atomic mass is 16.2. The molecular weight excluding hydrogens is 214 g/mol. The van der Waals surface area contributed by atoms with Crippen LogP contribution in [0.25, 0.3) is 10.9 Å². The molecule has 0 radical (unpaired) electrons. The predicted octanol–water partition coefficient (Wildman–Crippen LogP) is 2.73. The Morgan fingerprint density at radius 3 is 2.59 bits per heavy atom. The summed E-state index contributed by atoms with van der Waals surface area (Å²) in [6.45, 7) is 5.99. The van der Waals surface area contributed by atoms with Gasteiger partial charge in [-0.3, -0.25) is 0 Å². The number of amides is 1. The number of fused-ring (bicyclic) bond motifs is 1. The van der Waals surface area contributed by atoms with Crippen LogP contribution in [-0.2, 0) is 0 Å². The normalized spacial score (nSPS) is 11.8. The number of hydrogen-bond donors (Lipinski definition) is 0. The van der Waals surface area contributed by atoms with E-state index in [-0.39, 0.29) is 11.6 Å². The average molecular weight is 231 g/mol. The average Bonchev–Trinajstić information content (AvgIpc) is 2.69. The summed E-state index contributed by atoms with van der Waals surface area (Å²) in [5.74, 6) is 0. The minimum absolute atomic E-state index is 0.112. The molecule has 2 aromatic rings. The van der Waals surface area contributed by atoms with E-state index in [1.807, 2.05) is 45.0 Å². The van der Waals surface area contributed by atoms with Gasteiger partial charge in [0, 0.05) is 18.0 Å². The Kier molecular flexibility index (Phi) is 2.65. The second-order valence-corrected chi connectivity index (χ2v) is 5.13. The van der Waals surface area contributed by atoms with Gasteiger partial charge in [0.15, 0.2) is 0 Å². The van der Waals surface area contributed by atoms with Crippen molar-refractivity contribution < 1.29 is 4.79 Å². The van der Waals surface area contributed by atoms with Crippen LogP contribution in [0.1, 0.15) is 20.8 Å². The first-order valence-electron chi connectivity index (χ1n) is 5.62. The van der Waals surface area contributed by atoms with E-state index in [0.29, 0.717) is 0 Å². The van der Waals surface area contributed by atoms with Crippen LogP contribution >= 0.6 is 0 Å². The topological polar surface area (TPSA) is 38.1 Å². The highest BCUT2D eigenvalue weighted by Crippen LogP contribution is 2.16. The first-order chi connectivity index (χ1) is 7.91. The van der Waals surface area contributed by atoms with Crippen LogP contribution in [0.4, 0.5) is 4.79 Å². The predicted molar refractivity (Wildman–Crippen MR) is 68.0 cm³/mol. The lowest BCUT2D eigenvalue weighted by Gasteiger charge is -2.31. The summed E-state index contributed by atoms with van der Waals surface area (Å²) >= 11 is 0. The van der Waals surface area contributed by atoms with E-state index in [0.717, 1.165) is 10.9 Å². The van der Waals surface area contributed by atoms with Gasteiger partial charge in [0.05, 0.1) is 11.7 Å². The van der Waals surface area contributed by atoms with E-state index in [4.69, 9.17) is 0 Å². The van der Waals surface area contributed by atoms with Crippen molar-refractivity contribution in [3.05, 3.63) is 30.5 Å². The van der Waals surface area contributed by atoms with Gasteiger partial charge >= 0.3 is 6.03 Å². The van der Waals surface area contributed by atoms with Gasteiger partial charge in [-0.1, -0.05) is 18.2 Å². The molecule has 1 amide bonds. The smallest absolute Gasteiger partial charge is 0.321 e. The Morgan fingerprint density at radius 1 is 1.29 bits per heavy atom. The highest BCUT2D eigenvalue weighted by Gasteiger charge is 2.24. The summed E-state index contributed by atoms with van der Waals surface area (Å²) in [5.41, 5.74) is 0.623. The van der Waals surface area contributed by atoms with Crippen LogP contribution in [0.5, 0.6) is 0 Å². The van der Waals surface area contributed by atoms with Crippen LogP contribution in [0, 0.1) is 0 Å². The monoisotopic (exact) mass is 231 g/mol. The largest absolute Gasteiger partial charge is 0.345 e. The molecular formula is C13H17N3O. The number of nitrogens with zero attached hydrogens (tertiary/aromatic N) is 3. The van der Waals surface area contributed by atoms with Crippen molar-refractivity contribution in [1.29, 1.82) is 0 Å². The maximum atomic E-state index is 12.3. The minimum Gasteiger partial charge on any atom is -0.321 e. The molecule has 2 rings (SSSR count). The molecule has 0 aliphatic rings. The number of benzene rings is 1. The van der Waals surface area contributed by atoms with Crippen LogP contribution in [0.15, 0.2) is 30.5 Å². The van der Waals surface area contributed by atoms with Gasteiger partial charge < -0.3 is 4.90 Å². The number of hydrogen-bond acceptors (Lipinski definition) is 2. The zero-order valence-corrected chi connectivity index (χ0v) is 10.6. The Bertz CT molecular complexity index is 551. The zero-order chi connectivity index (χ0) is 12.6. The maximum Gasteiger partial charge on any atom is 0.345 e. The van der Waals surface area contributed by atoms with Crippen molar-refractivity contribution in [3.8, 4) is 0 Å². The Morgan fingerprint density at radius 2 is 1.94 bits per heavy atom. The number of carbonyl (C=O) groups excluding carboxylic acids is 1. The van der Waals surface area contributed by atoms with E-state index >= 15 is 0 Å². The summed E-state index contributed by atoms with van der Waals surface area (Å²) in [6, 6.07) is 7.58. The number of carbonyl (C=O) groups is 1. The lowest BCUT2D eigenvalue weighted by molar-refractivity contribution is 0.165. The van der Waals surface area contributed by atoms with Crippen LogP contribution in [0.3, 0.4) is 0 Å². The highest BCUT2D eigenvalue weighted by molar-refractivity contribution is 5.89.